The maximum Gasteiger partial charge on any atom is 0.253 e. The Bertz CT molecular complexity index is 853. The van der Waals surface area contributed by atoms with Gasteiger partial charge in [-0.05, 0) is 73.4 Å². The maximum atomic E-state index is 12.5. The summed E-state index contributed by atoms with van der Waals surface area (Å²) in [6.45, 7) is 1.65. The first-order valence-corrected chi connectivity index (χ1v) is 9.99. The van der Waals surface area contributed by atoms with Gasteiger partial charge in [0.25, 0.3) is 5.91 Å². The number of fused-ring (bicyclic) bond motifs is 1. The molecule has 0 bridgehead atoms. The Labute approximate surface area is 160 Å². The predicted molar refractivity (Wildman–Crippen MR) is 107 cm³/mol. The average molecular weight is 362 g/mol. The Morgan fingerprint density at radius 2 is 1.67 bits per heavy atom. The minimum absolute atomic E-state index is 0.0449. The number of benzene rings is 2. The number of anilines is 1. The van der Waals surface area contributed by atoms with Crippen molar-refractivity contribution in [2.45, 2.75) is 44.9 Å². The minimum Gasteiger partial charge on any atom is -0.339 e. The Kier molecular flexibility index (Phi) is 5.23. The van der Waals surface area contributed by atoms with Crippen LogP contribution in [-0.2, 0) is 24.1 Å². The number of likely N-dealkylation sites (tertiary alicyclic amines) is 1. The van der Waals surface area contributed by atoms with Crippen LogP contribution in [0.3, 0.4) is 0 Å². The molecule has 1 fully saturated rings. The second-order valence-corrected chi connectivity index (χ2v) is 7.62. The second kappa shape index (κ2) is 7.95. The highest BCUT2D eigenvalue weighted by atomic mass is 16.2. The molecule has 0 aromatic heterocycles. The van der Waals surface area contributed by atoms with Gasteiger partial charge in [-0.2, -0.15) is 0 Å². The third-order valence-corrected chi connectivity index (χ3v) is 5.56. The highest BCUT2D eigenvalue weighted by Gasteiger charge is 2.19. The molecule has 0 radical (unpaired) electrons. The monoisotopic (exact) mass is 362 g/mol. The van der Waals surface area contributed by atoms with Crippen molar-refractivity contribution >= 4 is 17.5 Å². The van der Waals surface area contributed by atoms with Gasteiger partial charge >= 0.3 is 0 Å². The van der Waals surface area contributed by atoms with Crippen molar-refractivity contribution in [3.8, 4) is 0 Å². The number of amides is 2. The molecule has 140 valence electrons. The lowest BCUT2D eigenvalue weighted by Gasteiger charge is -2.17. The van der Waals surface area contributed by atoms with Crippen LogP contribution in [0.5, 0.6) is 0 Å². The molecule has 0 atom stereocenters. The van der Waals surface area contributed by atoms with Crippen molar-refractivity contribution in [3.05, 3.63) is 64.7 Å². The van der Waals surface area contributed by atoms with Gasteiger partial charge in [0.2, 0.25) is 5.91 Å². The van der Waals surface area contributed by atoms with Crippen molar-refractivity contribution in [1.82, 2.24) is 4.90 Å². The standard InChI is InChI=1S/C23H26N2O2/c26-22(15-17-10-11-18-6-1-2-7-19(18)14-17)24-21-9-5-8-20(16-21)23(27)25-12-3-4-13-25/h5,8-11,14,16H,1-4,6-7,12-13,15H2,(H,24,26). The van der Waals surface area contributed by atoms with Crippen LogP contribution in [0.2, 0.25) is 0 Å². The molecule has 2 aromatic rings. The Balaban J connectivity index is 1.41. The van der Waals surface area contributed by atoms with Crippen molar-refractivity contribution in [2.24, 2.45) is 0 Å². The van der Waals surface area contributed by atoms with E-state index in [0.29, 0.717) is 17.7 Å². The number of carbonyl (C=O) groups is 2. The minimum atomic E-state index is -0.0449. The predicted octanol–water partition coefficient (Wildman–Crippen LogP) is 3.98. The quantitative estimate of drug-likeness (QED) is 0.894. The van der Waals surface area contributed by atoms with Crippen LogP contribution >= 0.6 is 0 Å². The number of nitrogens with zero attached hydrogens (tertiary/aromatic N) is 1. The van der Waals surface area contributed by atoms with E-state index in [2.05, 4.69) is 23.5 Å². The fraction of sp³-hybridized carbons (Fsp3) is 0.391. The van der Waals surface area contributed by atoms with Gasteiger partial charge in [-0.3, -0.25) is 9.59 Å². The molecule has 4 heteroatoms. The molecule has 27 heavy (non-hydrogen) atoms. The largest absolute Gasteiger partial charge is 0.339 e. The van der Waals surface area contributed by atoms with Gasteiger partial charge in [0.1, 0.15) is 0 Å². The average Bonchev–Trinajstić information content (AvgIpc) is 3.22. The van der Waals surface area contributed by atoms with Crippen LogP contribution in [0, 0.1) is 0 Å². The Morgan fingerprint density at radius 3 is 2.48 bits per heavy atom. The van der Waals surface area contributed by atoms with Crippen molar-refractivity contribution in [1.29, 1.82) is 0 Å². The summed E-state index contributed by atoms with van der Waals surface area (Å²) >= 11 is 0. The summed E-state index contributed by atoms with van der Waals surface area (Å²) in [4.78, 5) is 26.9. The first kappa shape index (κ1) is 17.8. The SMILES string of the molecule is O=C(Cc1ccc2c(c1)CCCC2)Nc1cccc(C(=O)N2CCCC2)c1. The molecule has 0 spiro atoms. The number of hydrogen-bond donors (Lipinski definition) is 1. The van der Waals surface area contributed by atoms with Crippen molar-refractivity contribution in [2.75, 3.05) is 18.4 Å². The van der Waals surface area contributed by atoms with E-state index in [1.165, 1.54) is 24.0 Å². The van der Waals surface area contributed by atoms with Crippen molar-refractivity contribution < 1.29 is 9.59 Å². The molecule has 2 aliphatic rings. The van der Waals surface area contributed by atoms with E-state index in [1.807, 2.05) is 23.1 Å². The lowest BCUT2D eigenvalue weighted by molar-refractivity contribution is -0.115. The number of carbonyl (C=O) groups excluding carboxylic acids is 2. The van der Waals surface area contributed by atoms with Crippen molar-refractivity contribution in [3.63, 3.8) is 0 Å². The fourth-order valence-corrected chi connectivity index (χ4v) is 4.12. The van der Waals surface area contributed by atoms with Crippen LogP contribution < -0.4 is 5.32 Å². The van der Waals surface area contributed by atoms with E-state index >= 15 is 0 Å². The summed E-state index contributed by atoms with van der Waals surface area (Å²) in [5.41, 5.74) is 5.20. The first-order valence-electron chi connectivity index (χ1n) is 9.99. The van der Waals surface area contributed by atoms with Gasteiger partial charge in [0, 0.05) is 24.3 Å². The molecule has 0 unspecified atom stereocenters. The fourth-order valence-electron chi connectivity index (χ4n) is 4.12. The zero-order valence-electron chi connectivity index (χ0n) is 15.7. The number of aryl methyl sites for hydroxylation is 2. The third-order valence-electron chi connectivity index (χ3n) is 5.56. The van der Waals surface area contributed by atoms with Crippen LogP contribution in [-0.4, -0.2) is 29.8 Å². The van der Waals surface area contributed by atoms with Gasteiger partial charge in [-0.1, -0.05) is 24.3 Å². The summed E-state index contributed by atoms with van der Waals surface area (Å²) in [7, 11) is 0. The van der Waals surface area contributed by atoms with E-state index in [1.54, 1.807) is 6.07 Å². The normalized spacial score (nSPS) is 16.1. The third kappa shape index (κ3) is 4.21. The summed E-state index contributed by atoms with van der Waals surface area (Å²) in [5, 5.41) is 2.95. The van der Waals surface area contributed by atoms with E-state index in [4.69, 9.17) is 0 Å². The molecule has 1 aliphatic carbocycles. The molecule has 1 saturated heterocycles. The lowest BCUT2D eigenvalue weighted by Crippen LogP contribution is -2.27. The summed E-state index contributed by atoms with van der Waals surface area (Å²) in [6.07, 6.45) is 7.27. The second-order valence-electron chi connectivity index (χ2n) is 7.62. The molecule has 1 N–H and O–H groups in total. The topological polar surface area (TPSA) is 49.4 Å². The highest BCUT2D eigenvalue weighted by molar-refractivity contribution is 5.97. The zero-order chi connectivity index (χ0) is 18.6. The molecule has 0 saturated carbocycles. The zero-order valence-corrected chi connectivity index (χ0v) is 15.7. The first-order chi connectivity index (χ1) is 13.2. The van der Waals surface area contributed by atoms with Gasteiger partial charge in [0.05, 0.1) is 6.42 Å². The molecule has 2 aromatic carbocycles. The van der Waals surface area contributed by atoms with Gasteiger partial charge in [-0.25, -0.2) is 0 Å². The number of hydrogen-bond acceptors (Lipinski definition) is 2. The van der Waals surface area contributed by atoms with Crippen LogP contribution in [0.15, 0.2) is 42.5 Å². The number of rotatable bonds is 4. The molecule has 4 rings (SSSR count). The number of nitrogens with one attached hydrogen (secondary N) is 1. The molecule has 4 nitrogen and oxygen atoms in total. The van der Waals surface area contributed by atoms with Gasteiger partial charge in [0.15, 0.2) is 0 Å². The van der Waals surface area contributed by atoms with Crippen LogP contribution in [0.4, 0.5) is 5.69 Å². The summed E-state index contributed by atoms with van der Waals surface area (Å²) in [6, 6.07) is 13.7. The highest BCUT2D eigenvalue weighted by Crippen LogP contribution is 2.23. The Morgan fingerprint density at radius 1 is 0.889 bits per heavy atom. The van der Waals surface area contributed by atoms with E-state index in [0.717, 1.165) is 44.3 Å². The molecule has 1 aliphatic heterocycles. The van der Waals surface area contributed by atoms with Gasteiger partial charge in [-0.15, -0.1) is 0 Å². The van der Waals surface area contributed by atoms with Crippen LogP contribution in [0.1, 0.15) is 52.7 Å². The summed E-state index contributed by atoms with van der Waals surface area (Å²) < 4.78 is 0. The van der Waals surface area contributed by atoms with E-state index in [9.17, 15) is 9.59 Å². The molecular weight excluding hydrogens is 336 g/mol. The van der Waals surface area contributed by atoms with Crippen LogP contribution in [0.25, 0.3) is 0 Å². The van der Waals surface area contributed by atoms with E-state index in [-0.39, 0.29) is 11.8 Å². The molecule has 1 heterocycles. The molecule has 2 amide bonds. The maximum absolute atomic E-state index is 12.5. The van der Waals surface area contributed by atoms with Gasteiger partial charge < -0.3 is 10.2 Å². The summed E-state index contributed by atoms with van der Waals surface area (Å²) in [5.74, 6) is 0.00909. The smallest absolute Gasteiger partial charge is 0.253 e. The Hall–Kier alpha value is -2.62. The lowest BCUT2D eigenvalue weighted by atomic mass is 9.90. The van der Waals surface area contributed by atoms with E-state index < -0.39 is 0 Å². The molecular formula is C23H26N2O2.